The molecule has 0 aliphatic carbocycles. The molecule has 12 heteroatoms. The summed E-state index contributed by atoms with van der Waals surface area (Å²) in [6, 6.07) is 13.8. The minimum absolute atomic E-state index is 0.0396. The number of nitrogens with one attached hydrogen (secondary N) is 1. The van der Waals surface area contributed by atoms with E-state index in [2.05, 4.69) is 37.2 Å². The first-order valence-electron chi connectivity index (χ1n) is 9.91. The Morgan fingerprint density at radius 3 is 2.36 bits per heavy atom. The SMILES string of the molecule is Cc1cccc(NC(=O)/C(C#N)=C/c2cc(Br)c(Oc3ccc(C(F)(F)F)cc3[N+](=O)[O-])c(Br)c2)c1. The van der Waals surface area contributed by atoms with Crippen LogP contribution in [-0.4, -0.2) is 10.8 Å². The molecule has 0 unspecified atom stereocenters. The summed E-state index contributed by atoms with van der Waals surface area (Å²) < 4.78 is 44.9. The van der Waals surface area contributed by atoms with E-state index in [4.69, 9.17) is 4.74 Å². The Hall–Kier alpha value is -3.69. The highest BCUT2D eigenvalue weighted by molar-refractivity contribution is 9.11. The van der Waals surface area contributed by atoms with Gasteiger partial charge in [0.2, 0.25) is 5.75 Å². The summed E-state index contributed by atoms with van der Waals surface area (Å²) >= 11 is 6.51. The highest BCUT2D eigenvalue weighted by Crippen LogP contribution is 2.42. The van der Waals surface area contributed by atoms with Crippen LogP contribution in [0.15, 0.2) is 69.1 Å². The van der Waals surface area contributed by atoms with Crippen LogP contribution in [-0.2, 0) is 11.0 Å². The molecule has 0 aromatic heterocycles. The number of anilines is 1. The largest absolute Gasteiger partial charge is 0.448 e. The van der Waals surface area contributed by atoms with Crippen molar-refractivity contribution in [3.63, 3.8) is 0 Å². The lowest BCUT2D eigenvalue weighted by atomic mass is 10.1. The van der Waals surface area contributed by atoms with Crippen LogP contribution in [0.25, 0.3) is 6.08 Å². The third-order valence-corrected chi connectivity index (χ3v) is 5.85. The molecule has 0 aliphatic rings. The lowest BCUT2D eigenvalue weighted by molar-refractivity contribution is -0.385. The van der Waals surface area contributed by atoms with Gasteiger partial charge in [-0.05, 0) is 92.4 Å². The van der Waals surface area contributed by atoms with Crippen molar-refractivity contribution in [1.82, 2.24) is 0 Å². The van der Waals surface area contributed by atoms with Crippen molar-refractivity contribution < 1.29 is 27.6 Å². The fourth-order valence-electron chi connectivity index (χ4n) is 3.03. The van der Waals surface area contributed by atoms with Gasteiger partial charge in [0.1, 0.15) is 11.6 Å². The van der Waals surface area contributed by atoms with E-state index in [1.165, 1.54) is 18.2 Å². The maximum Gasteiger partial charge on any atom is 0.416 e. The quantitative estimate of drug-likeness (QED) is 0.130. The van der Waals surface area contributed by atoms with Gasteiger partial charge in [0, 0.05) is 11.8 Å². The molecule has 0 atom stereocenters. The van der Waals surface area contributed by atoms with Crippen molar-refractivity contribution in [2.24, 2.45) is 0 Å². The van der Waals surface area contributed by atoms with Gasteiger partial charge in [-0.15, -0.1) is 0 Å². The molecule has 0 saturated heterocycles. The summed E-state index contributed by atoms with van der Waals surface area (Å²) in [7, 11) is 0. The predicted molar refractivity (Wildman–Crippen MR) is 133 cm³/mol. The molecule has 3 aromatic rings. The molecule has 3 rings (SSSR count). The van der Waals surface area contributed by atoms with Gasteiger partial charge in [0.05, 0.1) is 19.4 Å². The Labute approximate surface area is 219 Å². The summed E-state index contributed by atoms with van der Waals surface area (Å²) in [5, 5.41) is 23.4. The number of nitro groups is 1. The van der Waals surface area contributed by atoms with Gasteiger partial charge in [-0.3, -0.25) is 14.9 Å². The van der Waals surface area contributed by atoms with Crippen LogP contribution >= 0.6 is 31.9 Å². The lowest BCUT2D eigenvalue weighted by Crippen LogP contribution is -2.13. The van der Waals surface area contributed by atoms with E-state index in [-0.39, 0.29) is 20.3 Å². The number of carbonyl (C=O) groups excluding carboxylic acids is 1. The minimum Gasteiger partial charge on any atom is -0.448 e. The van der Waals surface area contributed by atoms with Gasteiger partial charge in [-0.1, -0.05) is 12.1 Å². The number of nitrogens with zero attached hydrogens (tertiary/aromatic N) is 2. The highest BCUT2D eigenvalue weighted by Gasteiger charge is 2.33. The molecule has 36 heavy (non-hydrogen) atoms. The maximum absolute atomic E-state index is 13.0. The molecular weight excluding hydrogens is 611 g/mol. The third kappa shape index (κ3) is 6.50. The van der Waals surface area contributed by atoms with Crippen molar-refractivity contribution in [1.29, 1.82) is 5.26 Å². The van der Waals surface area contributed by atoms with Crippen molar-refractivity contribution in [3.8, 4) is 17.6 Å². The summed E-state index contributed by atoms with van der Waals surface area (Å²) in [6.07, 6.45) is -3.44. The molecule has 0 radical (unpaired) electrons. The molecular formula is C24H14Br2F3N3O4. The molecule has 1 amide bonds. The zero-order valence-electron chi connectivity index (χ0n) is 18.2. The second-order valence-corrected chi connectivity index (χ2v) is 9.06. The molecule has 0 fully saturated rings. The minimum atomic E-state index is -4.76. The number of halogens is 5. The number of rotatable bonds is 6. The second kappa shape index (κ2) is 10.9. The Morgan fingerprint density at radius 1 is 1.14 bits per heavy atom. The van der Waals surface area contributed by atoms with Crippen LogP contribution in [0.5, 0.6) is 11.5 Å². The Bertz CT molecular complexity index is 1410. The van der Waals surface area contributed by atoms with Crippen LogP contribution in [0.1, 0.15) is 16.7 Å². The predicted octanol–water partition coefficient (Wildman–Crippen LogP) is 7.79. The van der Waals surface area contributed by atoms with E-state index in [0.717, 1.165) is 11.6 Å². The van der Waals surface area contributed by atoms with Gasteiger partial charge < -0.3 is 10.1 Å². The number of aryl methyl sites for hydroxylation is 1. The van der Waals surface area contributed by atoms with Gasteiger partial charge >= 0.3 is 11.9 Å². The van der Waals surface area contributed by atoms with Crippen LogP contribution in [0.3, 0.4) is 0 Å². The first kappa shape index (κ1) is 26.9. The Balaban J connectivity index is 1.91. The van der Waals surface area contributed by atoms with E-state index < -0.39 is 34.0 Å². The molecule has 0 saturated carbocycles. The monoisotopic (exact) mass is 623 g/mol. The second-order valence-electron chi connectivity index (χ2n) is 7.35. The van der Waals surface area contributed by atoms with Gasteiger partial charge in [-0.25, -0.2) is 0 Å². The Kier molecular flexibility index (Phi) is 8.17. The van der Waals surface area contributed by atoms with E-state index >= 15 is 0 Å². The van der Waals surface area contributed by atoms with Crippen LogP contribution < -0.4 is 10.1 Å². The molecule has 1 N–H and O–H groups in total. The van der Waals surface area contributed by atoms with Crippen molar-refractivity contribution in [2.45, 2.75) is 13.1 Å². The molecule has 0 aliphatic heterocycles. The number of carbonyl (C=O) groups is 1. The van der Waals surface area contributed by atoms with Crippen LogP contribution in [0.2, 0.25) is 0 Å². The summed E-state index contributed by atoms with van der Waals surface area (Å²) in [4.78, 5) is 22.9. The number of alkyl halides is 3. The highest BCUT2D eigenvalue weighted by atomic mass is 79.9. The standard InChI is InChI=1S/C24H14Br2F3N3O4/c1-13-3-2-4-17(7-13)31-23(33)15(12-30)8-14-9-18(25)22(19(26)10-14)36-21-6-5-16(24(27,28)29)11-20(21)32(34)35/h2-11H,1H3,(H,31,33)/b15-8+. The summed E-state index contributed by atoms with van der Waals surface area (Å²) in [5.41, 5.74) is -0.404. The number of nitro benzene ring substituents is 1. The molecule has 0 bridgehead atoms. The maximum atomic E-state index is 13.0. The summed E-state index contributed by atoms with van der Waals surface area (Å²) in [6.45, 7) is 1.86. The van der Waals surface area contributed by atoms with E-state index in [0.29, 0.717) is 23.4 Å². The first-order valence-corrected chi connectivity index (χ1v) is 11.5. The molecule has 184 valence electrons. The zero-order valence-corrected chi connectivity index (χ0v) is 21.4. The van der Waals surface area contributed by atoms with Crippen molar-refractivity contribution >= 4 is 55.2 Å². The number of nitriles is 1. The topological polar surface area (TPSA) is 105 Å². The molecule has 0 heterocycles. The lowest BCUT2D eigenvalue weighted by Gasteiger charge is -2.13. The molecule has 3 aromatic carbocycles. The smallest absolute Gasteiger partial charge is 0.416 e. The van der Waals surface area contributed by atoms with Crippen molar-refractivity contribution in [3.05, 3.63) is 95.9 Å². The fraction of sp³-hybridized carbons (Fsp3) is 0.0833. The number of hydrogen-bond donors (Lipinski definition) is 1. The Morgan fingerprint density at radius 2 is 1.81 bits per heavy atom. The van der Waals surface area contributed by atoms with Gasteiger partial charge in [0.15, 0.2) is 5.75 Å². The van der Waals surface area contributed by atoms with Crippen LogP contribution in [0.4, 0.5) is 24.5 Å². The first-order chi connectivity index (χ1) is 16.9. The molecule has 0 spiro atoms. The number of ether oxygens (including phenoxy) is 1. The number of hydrogen-bond acceptors (Lipinski definition) is 5. The van der Waals surface area contributed by atoms with Gasteiger partial charge in [-0.2, -0.15) is 18.4 Å². The average Bonchev–Trinajstić information content (AvgIpc) is 2.79. The van der Waals surface area contributed by atoms with Crippen molar-refractivity contribution in [2.75, 3.05) is 5.32 Å². The van der Waals surface area contributed by atoms with E-state index in [1.807, 2.05) is 19.1 Å². The normalized spacial score (nSPS) is 11.5. The molecule has 7 nitrogen and oxygen atoms in total. The van der Waals surface area contributed by atoms with Gasteiger partial charge in [0.25, 0.3) is 5.91 Å². The van der Waals surface area contributed by atoms with E-state index in [1.54, 1.807) is 18.2 Å². The average molecular weight is 625 g/mol. The zero-order chi connectivity index (χ0) is 26.6. The van der Waals surface area contributed by atoms with Crippen LogP contribution in [0, 0.1) is 28.4 Å². The fourth-order valence-corrected chi connectivity index (χ4v) is 4.41. The van der Waals surface area contributed by atoms with E-state index in [9.17, 15) is 33.3 Å². The third-order valence-electron chi connectivity index (χ3n) is 4.67. The summed E-state index contributed by atoms with van der Waals surface area (Å²) in [5.74, 6) is -0.998. The number of amides is 1. The number of benzene rings is 3.